The van der Waals surface area contributed by atoms with Gasteiger partial charge < -0.3 is 15.5 Å². The monoisotopic (exact) mass is 333 g/mol. The van der Waals surface area contributed by atoms with E-state index in [2.05, 4.69) is 13.8 Å². The zero-order chi connectivity index (χ0) is 17.3. The van der Waals surface area contributed by atoms with Crippen LogP contribution in [0.4, 0.5) is 10.1 Å². The molecule has 0 aromatic heterocycles. The molecule has 1 amide bonds. The zero-order valence-electron chi connectivity index (χ0n) is 14.7. The van der Waals surface area contributed by atoms with Crippen molar-refractivity contribution in [1.29, 1.82) is 0 Å². The van der Waals surface area contributed by atoms with Crippen molar-refractivity contribution in [3.05, 3.63) is 30.1 Å². The van der Waals surface area contributed by atoms with Crippen LogP contribution in [0.1, 0.15) is 26.7 Å². The lowest BCUT2D eigenvalue weighted by molar-refractivity contribution is -0.142. The Morgan fingerprint density at radius 1 is 1.29 bits per heavy atom. The fourth-order valence-electron chi connectivity index (χ4n) is 3.89. The number of para-hydroxylation sites is 1. The highest BCUT2D eigenvalue weighted by molar-refractivity contribution is 5.81. The lowest BCUT2D eigenvalue weighted by Gasteiger charge is -2.43. The minimum atomic E-state index is -0.210. The molecule has 2 aliphatic heterocycles. The average Bonchev–Trinajstić information content (AvgIpc) is 3.00. The molecule has 132 valence electrons. The van der Waals surface area contributed by atoms with Crippen LogP contribution in [-0.4, -0.2) is 43.5 Å². The Bertz CT molecular complexity index is 598. The molecular formula is C19H28FN3O. The first kappa shape index (κ1) is 17.2. The van der Waals surface area contributed by atoms with Gasteiger partial charge in [-0.2, -0.15) is 0 Å². The van der Waals surface area contributed by atoms with Gasteiger partial charge in [-0.15, -0.1) is 0 Å². The van der Waals surface area contributed by atoms with E-state index in [1.807, 2.05) is 15.9 Å². The number of amides is 1. The van der Waals surface area contributed by atoms with E-state index in [4.69, 9.17) is 5.73 Å². The van der Waals surface area contributed by atoms with Crippen molar-refractivity contribution in [3.8, 4) is 0 Å². The van der Waals surface area contributed by atoms with Crippen LogP contribution in [0.5, 0.6) is 0 Å². The third-order valence-corrected chi connectivity index (χ3v) is 5.39. The lowest BCUT2D eigenvalue weighted by atomic mass is 9.79. The number of hydrogen-bond acceptors (Lipinski definition) is 3. The molecule has 4 nitrogen and oxygen atoms in total. The molecule has 1 unspecified atom stereocenters. The largest absolute Gasteiger partial charge is 0.368 e. The summed E-state index contributed by atoms with van der Waals surface area (Å²) in [6, 6.07) is 6.80. The van der Waals surface area contributed by atoms with Crippen LogP contribution in [0.3, 0.4) is 0 Å². The van der Waals surface area contributed by atoms with Crippen LogP contribution in [0.15, 0.2) is 24.3 Å². The van der Waals surface area contributed by atoms with Gasteiger partial charge in [0.25, 0.3) is 0 Å². The first-order valence-corrected chi connectivity index (χ1v) is 8.88. The molecule has 3 rings (SSSR count). The van der Waals surface area contributed by atoms with E-state index in [0.29, 0.717) is 24.7 Å². The summed E-state index contributed by atoms with van der Waals surface area (Å²) < 4.78 is 13.9. The molecule has 1 atom stereocenters. The van der Waals surface area contributed by atoms with Gasteiger partial charge in [0, 0.05) is 26.2 Å². The molecule has 2 saturated heterocycles. The highest BCUT2D eigenvalue weighted by Gasteiger charge is 2.39. The van der Waals surface area contributed by atoms with Gasteiger partial charge in [0.2, 0.25) is 5.91 Å². The maximum atomic E-state index is 13.9. The summed E-state index contributed by atoms with van der Waals surface area (Å²) in [5, 5.41) is 0. The summed E-state index contributed by atoms with van der Waals surface area (Å²) in [6.45, 7) is 8.10. The third-order valence-electron chi connectivity index (χ3n) is 5.39. The van der Waals surface area contributed by atoms with E-state index in [1.165, 1.54) is 6.07 Å². The molecule has 0 spiro atoms. The zero-order valence-corrected chi connectivity index (χ0v) is 14.7. The quantitative estimate of drug-likeness (QED) is 0.901. The number of halogens is 1. The third kappa shape index (κ3) is 3.56. The smallest absolute Gasteiger partial charge is 0.227 e. The number of carbonyl (C=O) groups excluding carboxylic acids is 1. The molecule has 1 aromatic carbocycles. The standard InChI is InChI=1S/C19H28FN3O/c1-19(2,13-21)9-14-10-23(11-14)18(24)15-7-8-22(12-15)17-6-4-3-5-16(17)20/h3-6,14-15H,7-13,21H2,1-2H3. The second-order valence-corrected chi connectivity index (χ2v) is 8.06. The van der Waals surface area contributed by atoms with E-state index < -0.39 is 0 Å². The summed E-state index contributed by atoms with van der Waals surface area (Å²) in [5.41, 5.74) is 6.55. The molecule has 0 saturated carbocycles. The van der Waals surface area contributed by atoms with Gasteiger partial charge in [-0.1, -0.05) is 26.0 Å². The fraction of sp³-hybridized carbons (Fsp3) is 0.632. The van der Waals surface area contributed by atoms with Gasteiger partial charge >= 0.3 is 0 Å². The average molecular weight is 333 g/mol. The maximum absolute atomic E-state index is 13.9. The second-order valence-electron chi connectivity index (χ2n) is 8.06. The molecular weight excluding hydrogens is 305 g/mol. The summed E-state index contributed by atoms with van der Waals surface area (Å²) in [5.74, 6) is 0.582. The Morgan fingerprint density at radius 2 is 2.00 bits per heavy atom. The van der Waals surface area contributed by atoms with Crippen LogP contribution >= 0.6 is 0 Å². The van der Waals surface area contributed by atoms with Crippen molar-refractivity contribution < 1.29 is 9.18 Å². The molecule has 0 aliphatic carbocycles. The first-order chi connectivity index (χ1) is 11.4. The minimum Gasteiger partial charge on any atom is -0.368 e. The maximum Gasteiger partial charge on any atom is 0.227 e. The van der Waals surface area contributed by atoms with Crippen molar-refractivity contribution in [2.45, 2.75) is 26.7 Å². The topological polar surface area (TPSA) is 49.6 Å². The van der Waals surface area contributed by atoms with Crippen LogP contribution in [-0.2, 0) is 4.79 Å². The van der Waals surface area contributed by atoms with Gasteiger partial charge in [-0.3, -0.25) is 4.79 Å². The Kier molecular flexibility index (Phi) is 4.81. The molecule has 5 heteroatoms. The molecule has 2 heterocycles. The Balaban J connectivity index is 1.51. The number of anilines is 1. The first-order valence-electron chi connectivity index (χ1n) is 8.88. The Morgan fingerprint density at radius 3 is 2.67 bits per heavy atom. The van der Waals surface area contributed by atoms with E-state index >= 15 is 0 Å². The predicted octanol–water partition coefficient (Wildman–Crippen LogP) is 2.49. The highest BCUT2D eigenvalue weighted by Crippen LogP contribution is 2.33. The highest BCUT2D eigenvalue weighted by atomic mass is 19.1. The predicted molar refractivity (Wildman–Crippen MR) is 94.2 cm³/mol. The van der Waals surface area contributed by atoms with Crippen molar-refractivity contribution in [1.82, 2.24) is 4.90 Å². The number of hydrogen-bond donors (Lipinski definition) is 1. The van der Waals surface area contributed by atoms with Gasteiger partial charge in [-0.05, 0) is 42.9 Å². The van der Waals surface area contributed by atoms with Crippen molar-refractivity contribution in [2.75, 3.05) is 37.6 Å². The molecule has 0 radical (unpaired) electrons. The van der Waals surface area contributed by atoms with E-state index in [-0.39, 0.29) is 23.1 Å². The lowest BCUT2D eigenvalue weighted by Crippen LogP contribution is -2.53. The van der Waals surface area contributed by atoms with Crippen molar-refractivity contribution in [2.24, 2.45) is 23.0 Å². The van der Waals surface area contributed by atoms with Crippen molar-refractivity contribution in [3.63, 3.8) is 0 Å². The van der Waals surface area contributed by atoms with Crippen LogP contribution in [0, 0.1) is 23.1 Å². The van der Waals surface area contributed by atoms with E-state index in [0.717, 1.165) is 32.5 Å². The molecule has 1 aromatic rings. The molecule has 24 heavy (non-hydrogen) atoms. The number of nitrogens with two attached hydrogens (primary N) is 1. The summed E-state index contributed by atoms with van der Waals surface area (Å²) in [4.78, 5) is 16.6. The Hall–Kier alpha value is -1.62. The fourth-order valence-corrected chi connectivity index (χ4v) is 3.89. The Labute approximate surface area is 143 Å². The second kappa shape index (κ2) is 6.71. The molecule has 0 bridgehead atoms. The van der Waals surface area contributed by atoms with Gasteiger partial charge in [0.1, 0.15) is 5.82 Å². The number of benzene rings is 1. The van der Waals surface area contributed by atoms with Gasteiger partial charge in [0.05, 0.1) is 11.6 Å². The molecule has 2 fully saturated rings. The number of nitrogens with zero attached hydrogens (tertiary/aromatic N) is 2. The van der Waals surface area contributed by atoms with E-state index in [1.54, 1.807) is 12.1 Å². The van der Waals surface area contributed by atoms with Crippen LogP contribution in [0.25, 0.3) is 0 Å². The number of likely N-dealkylation sites (tertiary alicyclic amines) is 1. The minimum absolute atomic E-state index is 0.00641. The number of rotatable bonds is 5. The van der Waals surface area contributed by atoms with Gasteiger partial charge in [-0.25, -0.2) is 4.39 Å². The molecule has 2 N–H and O–H groups in total. The summed E-state index contributed by atoms with van der Waals surface area (Å²) in [7, 11) is 0. The summed E-state index contributed by atoms with van der Waals surface area (Å²) in [6.07, 6.45) is 1.88. The van der Waals surface area contributed by atoms with Crippen LogP contribution < -0.4 is 10.6 Å². The van der Waals surface area contributed by atoms with E-state index in [9.17, 15) is 9.18 Å². The normalized spacial score (nSPS) is 21.9. The van der Waals surface area contributed by atoms with Crippen molar-refractivity contribution >= 4 is 11.6 Å². The van der Waals surface area contributed by atoms with Gasteiger partial charge in [0.15, 0.2) is 0 Å². The number of carbonyl (C=O) groups is 1. The molecule has 2 aliphatic rings. The summed E-state index contributed by atoms with van der Waals surface area (Å²) >= 11 is 0. The SMILES string of the molecule is CC(C)(CN)CC1CN(C(=O)C2CCN(c3ccccc3F)C2)C1. The van der Waals surface area contributed by atoms with Crippen LogP contribution in [0.2, 0.25) is 0 Å².